The first-order valence-electron chi connectivity index (χ1n) is 10.7. The number of amides is 1. The van der Waals surface area contributed by atoms with Gasteiger partial charge in [-0.3, -0.25) is 0 Å². The van der Waals surface area contributed by atoms with E-state index in [-0.39, 0.29) is 11.8 Å². The number of piperazine rings is 1. The highest BCUT2D eigenvalue weighted by molar-refractivity contribution is 6.35. The fraction of sp³-hybridized carbons (Fsp3) is 0.375. The van der Waals surface area contributed by atoms with Crippen LogP contribution in [-0.2, 0) is 4.74 Å². The van der Waals surface area contributed by atoms with Crippen molar-refractivity contribution < 1.29 is 18.7 Å². The first kappa shape index (κ1) is 23.0. The fourth-order valence-electron chi connectivity index (χ4n) is 3.66. The lowest BCUT2D eigenvalue weighted by Crippen LogP contribution is -2.50. The zero-order valence-electron chi connectivity index (χ0n) is 19.1. The van der Waals surface area contributed by atoms with E-state index in [2.05, 4.69) is 14.9 Å². The van der Waals surface area contributed by atoms with Crippen molar-refractivity contribution in [3.05, 3.63) is 47.4 Å². The van der Waals surface area contributed by atoms with Crippen LogP contribution in [0.5, 0.6) is 5.75 Å². The molecule has 3 heterocycles. The standard InChI is InChI=1S/C24H26ClFN4O3/c1-24(2,3)33-23(31)30-9-7-29(8-10-30)22-6-5-15(14-27-22)19-12-17(25)16-11-18(26)21(32-4)13-20(16)28-19/h5-6,11-14H,7-10H2,1-4H3. The summed E-state index contributed by atoms with van der Waals surface area (Å²) in [6, 6.07) is 8.40. The molecule has 1 amide bonds. The molecule has 9 heteroatoms. The van der Waals surface area contributed by atoms with Crippen molar-refractivity contribution in [1.29, 1.82) is 0 Å². The third-order valence-corrected chi connectivity index (χ3v) is 5.64. The van der Waals surface area contributed by atoms with Gasteiger partial charge in [-0.2, -0.15) is 0 Å². The Kier molecular flexibility index (Phi) is 6.30. The SMILES string of the molecule is COc1cc2nc(-c3ccc(N4CCN(C(=O)OC(C)(C)C)CC4)nc3)cc(Cl)c2cc1F. The number of pyridine rings is 2. The lowest BCUT2D eigenvalue weighted by atomic mass is 10.1. The number of halogens is 2. The van der Waals surface area contributed by atoms with E-state index in [9.17, 15) is 9.18 Å². The molecule has 1 fully saturated rings. The molecule has 4 rings (SSSR count). The Morgan fingerprint density at radius 3 is 2.45 bits per heavy atom. The predicted molar refractivity (Wildman–Crippen MR) is 127 cm³/mol. The van der Waals surface area contributed by atoms with Gasteiger partial charge in [-0.05, 0) is 45.0 Å². The molecule has 0 N–H and O–H groups in total. The second-order valence-corrected chi connectivity index (χ2v) is 9.26. The van der Waals surface area contributed by atoms with E-state index in [1.807, 2.05) is 32.9 Å². The molecule has 33 heavy (non-hydrogen) atoms. The summed E-state index contributed by atoms with van der Waals surface area (Å²) < 4.78 is 24.5. The summed E-state index contributed by atoms with van der Waals surface area (Å²) in [4.78, 5) is 25.3. The number of anilines is 1. The highest BCUT2D eigenvalue weighted by Crippen LogP contribution is 2.32. The number of carbonyl (C=O) groups excluding carboxylic acids is 1. The van der Waals surface area contributed by atoms with Crippen LogP contribution in [0.4, 0.5) is 15.0 Å². The molecule has 174 valence electrons. The predicted octanol–water partition coefficient (Wildman–Crippen LogP) is 5.16. The summed E-state index contributed by atoms with van der Waals surface area (Å²) in [7, 11) is 1.41. The van der Waals surface area contributed by atoms with Crippen LogP contribution >= 0.6 is 11.6 Å². The Morgan fingerprint density at radius 2 is 1.85 bits per heavy atom. The van der Waals surface area contributed by atoms with Crippen LogP contribution in [0.1, 0.15) is 20.8 Å². The van der Waals surface area contributed by atoms with Gasteiger partial charge in [-0.1, -0.05) is 11.6 Å². The number of fused-ring (bicyclic) bond motifs is 1. The summed E-state index contributed by atoms with van der Waals surface area (Å²) in [5.41, 5.74) is 1.45. The van der Waals surface area contributed by atoms with E-state index >= 15 is 0 Å². The third kappa shape index (κ3) is 5.11. The lowest BCUT2D eigenvalue weighted by Gasteiger charge is -2.36. The molecule has 3 aromatic rings. The Bertz CT molecular complexity index is 1170. The Morgan fingerprint density at radius 1 is 1.12 bits per heavy atom. The zero-order chi connectivity index (χ0) is 23.8. The van der Waals surface area contributed by atoms with Crippen molar-refractivity contribution in [1.82, 2.24) is 14.9 Å². The largest absolute Gasteiger partial charge is 0.494 e. The minimum absolute atomic E-state index is 0.113. The number of benzene rings is 1. The summed E-state index contributed by atoms with van der Waals surface area (Å²) in [5, 5.41) is 0.921. The maximum absolute atomic E-state index is 14.0. The van der Waals surface area contributed by atoms with Crippen LogP contribution < -0.4 is 9.64 Å². The third-order valence-electron chi connectivity index (χ3n) is 5.33. The second-order valence-electron chi connectivity index (χ2n) is 8.85. The topological polar surface area (TPSA) is 67.8 Å². The van der Waals surface area contributed by atoms with E-state index in [4.69, 9.17) is 21.1 Å². The van der Waals surface area contributed by atoms with Gasteiger partial charge in [0, 0.05) is 49.4 Å². The van der Waals surface area contributed by atoms with Crippen LogP contribution in [0.25, 0.3) is 22.2 Å². The monoisotopic (exact) mass is 472 g/mol. The van der Waals surface area contributed by atoms with Gasteiger partial charge in [0.2, 0.25) is 0 Å². The van der Waals surface area contributed by atoms with Crippen molar-refractivity contribution in [3.8, 4) is 17.0 Å². The van der Waals surface area contributed by atoms with Gasteiger partial charge in [0.05, 0.1) is 23.3 Å². The van der Waals surface area contributed by atoms with Crippen LogP contribution in [0.2, 0.25) is 5.02 Å². The van der Waals surface area contributed by atoms with Gasteiger partial charge < -0.3 is 19.3 Å². The summed E-state index contributed by atoms with van der Waals surface area (Å²) in [6.45, 7) is 8.04. The number of methoxy groups -OCH3 is 1. The Labute approximate surface area is 197 Å². The summed E-state index contributed by atoms with van der Waals surface area (Å²) in [5.74, 6) is 0.444. The number of ether oxygens (including phenoxy) is 2. The molecule has 0 atom stereocenters. The molecule has 7 nitrogen and oxygen atoms in total. The van der Waals surface area contributed by atoms with Crippen molar-refractivity contribution in [2.24, 2.45) is 0 Å². The Balaban J connectivity index is 1.48. The lowest BCUT2D eigenvalue weighted by molar-refractivity contribution is 0.0240. The van der Waals surface area contributed by atoms with Gasteiger partial charge in [-0.25, -0.2) is 19.2 Å². The molecule has 0 aliphatic carbocycles. The molecule has 0 radical (unpaired) electrons. The highest BCUT2D eigenvalue weighted by atomic mass is 35.5. The molecule has 0 spiro atoms. The normalized spacial score (nSPS) is 14.5. The number of aromatic nitrogens is 2. The van der Waals surface area contributed by atoms with Gasteiger partial charge >= 0.3 is 6.09 Å². The molecular formula is C24H26ClFN4O3. The van der Waals surface area contributed by atoms with E-state index in [1.165, 1.54) is 19.2 Å². The van der Waals surface area contributed by atoms with Crippen LogP contribution in [-0.4, -0.2) is 59.9 Å². The minimum Gasteiger partial charge on any atom is -0.494 e. The van der Waals surface area contributed by atoms with Gasteiger partial charge in [0.15, 0.2) is 11.6 Å². The van der Waals surface area contributed by atoms with Crippen molar-refractivity contribution in [3.63, 3.8) is 0 Å². The number of rotatable bonds is 3. The van der Waals surface area contributed by atoms with E-state index < -0.39 is 11.4 Å². The Hall–Kier alpha value is -3.13. The van der Waals surface area contributed by atoms with Crippen molar-refractivity contribution in [2.75, 3.05) is 38.2 Å². The van der Waals surface area contributed by atoms with Gasteiger partial charge in [0.1, 0.15) is 11.4 Å². The number of carbonyl (C=O) groups is 1. The molecule has 2 aromatic heterocycles. The fourth-order valence-corrected chi connectivity index (χ4v) is 3.91. The maximum Gasteiger partial charge on any atom is 0.410 e. The number of hydrogen-bond donors (Lipinski definition) is 0. The molecular weight excluding hydrogens is 447 g/mol. The molecule has 1 aliphatic heterocycles. The van der Waals surface area contributed by atoms with Crippen molar-refractivity contribution in [2.45, 2.75) is 26.4 Å². The second kappa shape index (κ2) is 9.02. The minimum atomic E-state index is -0.509. The van der Waals surface area contributed by atoms with Crippen LogP contribution in [0.15, 0.2) is 36.5 Å². The van der Waals surface area contributed by atoms with Crippen molar-refractivity contribution >= 4 is 34.4 Å². The molecule has 1 aliphatic rings. The average molecular weight is 473 g/mol. The summed E-state index contributed by atoms with van der Waals surface area (Å²) in [6.07, 6.45) is 1.45. The highest BCUT2D eigenvalue weighted by Gasteiger charge is 2.26. The quantitative estimate of drug-likeness (QED) is 0.525. The number of hydrogen-bond acceptors (Lipinski definition) is 6. The smallest absolute Gasteiger partial charge is 0.410 e. The molecule has 1 saturated heterocycles. The first-order valence-corrected chi connectivity index (χ1v) is 11.1. The number of nitrogens with zero attached hydrogens (tertiary/aromatic N) is 4. The summed E-state index contributed by atoms with van der Waals surface area (Å²) >= 11 is 6.39. The maximum atomic E-state index is 14.0. The van der Waals surface area contributed by atoms with E-state index in [1.54, 1.807) is 17.2 Å². The molecule has 0 saturated carbocycles. The molecule has 0 bridgehead atoms. The van der Waals surface area contributed by atoms with Gasteiger partial charge in [-0.15, -0.1) is 0 Å². The zero-order valence-corrected chi connectivity index (χ0v) is 19.8. The molecule has 0 unspecified atom stereocenters. The van der Waals surface area contributed by atoms with Crippen LogP contribution in [0.3, 0.4) is 0 Å². The molecule has 1 aromatic carbocycles. The van der Waals surface area contributed by atoms with Gasteiger partial charge in [0.25, 0.3) is 0 Å². The first-order chi connectivity index (χ1) is 15.6. The van der Waals surface area contributed by atoms with E-state index in [0.29, 0.717) is 47.8 Å². The average Bonchev–Trinajstić information content (AvgIpc) is 2.78. The van der Waals surface area contributed by atoms with E-state index in [0.717, 1.165) is 11.4 Å². The van der Waals surface area contributed by atoms with Crippen LogP contribution in [0, 0.1) is 5.82 Å².